The Morgan fingerprint density at radius 3 is 2.50 bits per heavy atom. The van der Waals surface area contributed by atoms with Crippen LogP contribution < -0.4 is 10.2 Å². The number of piperazine rings is 1. The van der Waals surface area contributed by atoms with E-state index in [-0.39, 0.29) is 24.9 Å². The molecule has 1 aromatic carbocycles. The van der Waals surface area contributed by atoms with Crippen molar-refractivity contribution in [1.29, 1.82) is 0 Å². The van der Waals surface area contributed by atoms with Crippen molar-refractivity contribution in [3.05, 3.63) is 29.8 Å². The number of nitrogens with one attached hydrogen (secondary N) is 1. The fourth-order valence-corrected chi connectivity index (χ4v) is 2.42. The summed E-state index contributed by atoms with van der Waals surface area (Å²) in [5.41, 5.74) is 1.21. The highest BCUT2D eigenvalue weighted by atomic mass is 16.2. The molecule has 6 nitrogen and oxygen atoms in total. The van der Waals surface area contributed by atoms with Crippen LogP contribution in [0.15, 0.2) is 29.3 Å². The highest BCUT2D eigenvalue weighted by Crippen LogP contribution is 2.49. The van der Waals surface area contributed by atoms with E-state index >= 15 is 0 Å². The molecule has 1 saturated carbocycles. The zero-order chi connectivity index (χ0) is 14.2. The van der Waals surface area contributed by atoms with Gasteiger partial charge < -0.3 is 10.2 Å². The Hall–Kier alpha value is -2.46. The van der Waals surface area contributed by atoms with Crippen molar-refractivity contribution in [3.63, 3.8) is 0 Å². The first-order valence-corrected chi connectivity index (χ1v) is 6.41. The molecule has 1 aliphatic heterocycles. The molecule has 6 heteroatoms. The number of hydrogen-bond acceptors (Lipinski definition) is 4. The first-order chi connectivity index (χ1) is 9.64. The third-order valence-electron chi connectivity index (χ3n) is 3.74. The minimum absolute atomic E-state index is 0.0277. The van der Waals surface area contributed by atoms with Crippen LogP contribution in [0.1, 0.15) is 18.4 Å². The van der Waals surface area contributed by atoms with Crippen molar-refractivity contribution in [2.75, 3.05) is 18.0 Å². The van der Waals surface area contributed by atoms with Crippen LogP contribution in [0.3, 0.4) is 0 Å². The van der Waals surface area contributed by atoms with Gasteiger partial charge in [-0.15, -0.1) is 0 Å². The molecule has 0 bridgehead atoms. The van der Waals surface area contributed by atoms with Gasteiger partial charge in [0.2, 0.25) is 17.9 Å². The predicted molar refractivity (Wildman–Crippen MR) is 70.8 cm³/mol. The second-order valence-electron chi connectivity index (χ2n) is 5.04. The van der Waals surface area contributed by atoms with Gasteiger partial charge in [-0.25, -0.2) is 4.79 Å². The lowest BCUT2D eigenvalue weighted by molar-refractivity contribution is -0.128. The van der Waals surface area contributed by atoms with Crippen LogP contribution in [0.25, 0.3) is 0 Å². The molecule has 0 aromatic heterocycles. The lowest BCUT2D eigenvalue weighted by Crippen LogP contribution is -2.51. The summed E-state index contributed by atoms with van der Waals surface area (Å²) < 4.78 is 0. The Bertz CT molecular complexity index is 613. The quantitative estimate of drug-likeness (QED) is 0.641. The fourth-order valence-electron chi connectivity index (χ4n) is 2.42. The van der Waals surface area contributed by atoms with Crippen LogP contribution in [0.5, 0.6) is 0 Å². The van der Waals surface area contributed by atoms with Crippen molar-refractivity contribution < 1.29 is 14.4 Å². The molecule has 0 spiro atoms. The average molecular weight is 271 g/mol. The summed E-state index contributed by atoms with van der Waals surface area (Å²) in [6.07, 6.45) is 3.30. The van der Waals surface area contributed by atoms with Gasteiger partial charge in [0.1, 0.15) is 6.54 Å². The molecule has 2 amide bonds. The normalized spacial score (nSPS) is 20.1. The predicted octanol–water partition coefficient (Wildman–Crippen LogP) is 0.474. The summed E-state index contributed by atoms with van der Waals surface area (Å²) in [6, 6.07) is 7.27. The monoisotopic (exact) mass is 271 g/mol. The van der Waals surface area contributed by atoms with Crippen LogP contribution >= 0.6 is 0 Å². The second-order valence-corrected chi connectivity index (χ2v) is 5.04. The number of anilines is 1. The molecule has 1 aromatic rings. The number of benzene rings is 1. The first-order valence-electron chi connectivity index (χ1n) is 6.41. The van der Waals surface area contributed by atoms with Crippen molar-refractivity contribution >= 4 is 23.6 Å². The maximum Gasteiger partial charge on any atom is 0.246 e. The number of rotatable bonds is 3. The lowest BCUT2D eigenvalue weighted by atomic mass is 10.0. The van der Waals surface area contributed by atoms with E-state index in [2.05, 4.69) is 10.3 Å². The minimum atomic E-state index is -0.413. The van der Waals surface area contributed by atoms with E-state index in [1.165, 1.54) is 4.90 Å². The molecular formula is C14H13N3O3. The summed E-state index contributed by atoms with van der Waals surface area (Å²) >= 11 is 0. The highest BCUT2D eigenvalue weighted by molar-refractivity contribution is 6.04. The van der Waals surface area contributed by atoms with Crippen LogP contribution in [0, 0.1) is 0 Å². The van der Waals surface area contributed by atoms with E-state index < -0.39 is 5.54 Å². The minimum Gasteiger partial charge on any atom is -0.345 e. The Balaban J connectivity index is 1.84. The number of carbonyl (C=O) groups is 2. The van der Waals surface area contributed by atoms with Gasteiger partial charge in [-0.1, -0.05) is 12.1 Å². The molecule has 2 fully saturated rings. The summed E-state index contributed by atoms with van der Waals surface area (Å²) in [6.45, 7) is 0.0652. The summed E-state index contributed by atoms with van der Waals surface area (Å²) in [4.78, 5) is 38.9. The van der Waals surface area contributed by atoms with Crippen molar-refractivity contribution in [1.82, 2.24) is 5.32 Å². The van der Waals surface area contributed by atoms with Crippen molar-refractivity contribution in [3.8, 4) is 0 Å². The molecule has 1 N–H and O–H groups in total. The van der Waals surface area contributed by atoms with Gasteiger partial charge in [0.05, 0.1) is 12.1 Å². The van der Waals surface area contributed by atoms with E-state index in [0.717, 1.165) is 18.4 Å². The number of hydrogen-bond donors (Lipinski definition) is 1. The average Bonchev–Trinajstić information content (AvgIpc) is 3.23. The molecule has 102 valence electrons. The lowest BCUT2D eigenvalue weighted by Gasteiger charge is -2.26. The van der Waals surface area contributed by atoms with Crippen LogP contribution in [0.2, 0.25) is 0 Å². The van der Waals surface area contributed by atoms with Gasteiger partial charge in [0, 0.05) is 5.69 Å². The van der Waals surface area contributed by atoms with Gasteiger partial charge in [0.15, 0.2) is 0 Å². The fraction of sp³-hybridized carbons (Fsp3) is 0.357. The molecular weight excluding hydrogens is 258 g/mol. The largest absolute Gasteiger partial charge is 0.345 e. The van der Waals surface area contributed by atoms with Crippen molar-refractivity contribution in [2.24, 2.45) is 4.99 Å². The zero-order valence-corrected chi connectivity index (χ0v) is 10.8. The topological polar surface area (TPSA) is 78.8 Å². The SMILES string of the molecule is O=C=NC1(c2ccc(N3CC(=O)NCC3=O)cc2)CC1. The number of carbonyl (C=O) groups excluding carboxylic acids is 3. The first kappa shape index (κ1) is 12.6. The zero-order valence-electron chi connectivity index (χ0n) is 10.8. The van der Waals surface area contributed by atoms with Crippen LogP contribution in [0.4, 0.5) is 5.69 Å². The Labute approximate surface area is 115 Å². The smallest absolute Gasteiger partial charge is 0.246 e. The number of isocyanates is 1. The molecule has 1 heterocycles. The highest BCUT2D eigenvalue weighted by Gasteiger charge is 2.44. The second kappa shape index (κ2) is 4.58. The standard InChI is InChI=1S/C14H13N3O3/c18-9-16-14(5-6-14)10-1-3-11(4-2-10)17-8-12(19)15-7-13(17)20/h1-4H,5-8H2,(H,15,19). The van der Waals surface area contributed by atoms with Gasteiger partial charge in [-0.3, -0.25) is 9.59 Å². The van der Waals surface area contributed by atoms with Crippen molar-refractivity contribution in [2.45, 2.75) is 18.4 Å². The van der Waals surface area contributed by atoms with Crippen LogP contribution in [-0.2, 0) is 19.9 Å². The third-order valence-corrected chi connectivity index (χ3v) is 3.74. The molecule has 2 aliphatic rings. The maximum atomic E-state index is 11.8. The van der Waals surface area contributed by atoms with Gasteiger partial charge in [-0.2, -0.15) is 4.99 Å². The number of aliphatic imine (C=N–C) groups is 1. The Kier molecular flexibility index (Phi) is 2.88. The van der Waals surface area contributed by atoms with Gasteiger partial charge >= 0.3 is 0 Å². The van der Waals surface area contributed by atoms with Gasteiger partial charge in [-0.05, 0) is 30.5 Å². The van der Waals surface area contributed by atoms with Crippen LogP contribution in [-0.4, -0.2) is 31.0 Å². The summed E-state index contributed by atoms with van der Waals surface area (Å²) in [7, 11) is 0. The van der Waals surface area contributed by atoms with E-state index in [4.69, 9.17) is 0 Å². The maximum absolute atomic E-state index is 11.8. The summed E-state index contributed by atoms with van der Waals surface area (Å²) in [5, 5.41) is 2.51. The van der Waals surface area contributed by atoms with E-state index in [1.54, 1.807) is 18.2 Å². The third kappa shape index (κ3) is 2.10. The molecule has 3 rings (SSSR count). The van der Waals surface area contributed by atoms with E-state index in [9.17, 15) is 14.4 Å². The summed E-state index contributed by atoms with van der Waals surface area (Å²) in [5.74, 6) is -0.303. The molecule has 1 saturated heterocycles. The number of nitrogens with zero attached hydrogens (tertiary/aromatic N) is 2. The van der Waals surface area contributed by atoms with E-state index in [1.807, 2.05) is 12.1 Å². The van der Waals surface area contributed by atoms with E-state index in [0.29, 0.717) is 5.69 Å². The number of amides is 2. The molecule has 0 radical (unpaired) electrons. The molecule has 0 unspecified atom stereocenters. The van der Waals surface area contributed by atoms with Gasteiger partial charge in [0.25, 0.3) is 0 Å². The Morgan fingerprint density at radius 1 is 1.20 bits per heavy atom. The molecule has 0 atom stereocenters. The molecule has 20 heavy (non-hydrogen) atoms. The molecule has 1 aliphatic carbocycles. The Morgan fingerprint density at radius 2 is 1.90 bits per heavy atom.